The maximum absolute atomic E-state index is 13.3. The summed E-state index contributed by atoms with van der Waals surface area (Å²) in [6.45, 7) is 0. The minimum absolute atomic E-state index is 0.270. The summed E-state index contributed by atoms with van der Waals surface area (Å²) in [5.41, 5.74) is -2.91. The summed E-state index contributed by atoms with van der Waals surface area (Å²) in [6, 6.07) is 2.89. The number of rotatable bonds is 3. The van der Waals surface area contributed by atoms with Crippen molar-refractivity contribution in [2.75, 3.05) is 5.32 Å². The topological polar surface area (TPSA) is 42.0 Å². The van der Waals surface area contributed by atoms with Gasteiger partial charge in [-0.1, -0.05) is 11.3 Å². The summed E-state index contributed by atoms with van der Waals surface area (Å²) in [5.74, 6) is -6.28. The first kappa shape index (κ1) is 20.6. The second-order valence-electron chi connectivity index (χ2n) is 4.74. The number of carbonyl (C=O) groups excluding carboxylic acids is 1. The van der Waals surface area contributed by atoms with E-state index in [4.69, 9.17) is 0 Å². The lowest BCUT2D eigenvalue weighted by molar-refractivity contribution is -0.291. The number of hydrogen-bond donors (Lipinski definition) is 1. The highest BCUT2D eigenvalue weighted by Crippen LogP contribution is 2.48. The van der Waals surface area contributed by atoms with E-state index in [-0.39, 0.29) is 5.56 Å². The van der Waals surface area contributed by atoms with Crippen LogP contribution in [-0.2, 0) is 12.1 Å². The van der Waals surface area contributed by atoms with Crippen LogP contribution >= 0.6 is 27.3 Å². The normalized spacial score (nSPS) is 13.0. The van der Waals surface area contributed by atoms with Crippen molar-refractivity contribution in [1.29, 1.82) is 0 Å². The Morgan fingerprint density at radius 2 is 1.54 bits per heavy atom. The Kier molecular flexibility index (Phi) is 5.34. The Balaban J connectivity index is 2.22. The number of hydrogen-bond acceptors (Lipinski definition) is 3. The maximum atomic E-state index is 13.3. The van der Waals surface area contributed by atoms with E-state index < -0.39 is 44.4 Å². The number of carbonyl (C=O) groups is 1. The van der Waals surface area contributed by atoms with Crippen LogP contribution in [0.4, 0.5) is 40.3 Å². The third kappa shape index (κ3) is 4.14. The van der Waals surface area contributed by atoms with Crippen molar-refractivity contribution >= 4 is 38.3 Å². The highest BCUT2D eigenvalue weighted by Gasteiger charge is 2.61. The summed E-state index contributed by atoms with van der Waals surface area (Å²) in [6.07, 6.45) is -10.5. The van der Waals surface area contributed by atoms with E-state index in [9.17, 15) is 39.9 Å². The van der Waals surface area contributed by atoms with Gasteiger partial charge in [-0.15, -0.1) is 0 Å². The van der Waals surface area contributed by atoms with Gasteiger partial charge in [-0.25, -0.2) is 4.98 Å². The largest absolute Gasteiger partial charge is 0.459 e. The Morgan fingerprint density at radius 1 is 1.00 bits per heavy atom. The number of nitrogens with zero attached hydrogens (tertiary/aromatic N) is 1. The zero-order chi connectivity index (χ0) is 19.9. The Morgan fingerprint density at radius 3 is 2.00 bits per heavy atom. The third-order valence-electron chi connectivity index (χ3n) is 2.93. The molecule has 0 radical (unpaired) electrons. The van der Waals surface area contributed by atoms with Gasteiger partial charge in [-0.3, -0.25) is 10.1 Å². The fourth-order valence-corrected chi connectivity index (χ4v) is 3.18. The molecule has 2 rings (SSSR count). The molecule has 26 heavy (non-hydrogen) atoms. The molecule has 0 unspecified atom stereocenters. The molecule has 0 saturated heterocycles. The second-order valence-corrected chi connectivity index (χ2v) is 7.06. The molecule has 0 aliphatic heterocycles. The van der Waals surface area contributed by atoms with Crippen LogP contribution in [0.2, 0.25) is 0 Å². The van der Waals surface area contributed by atoms with Crippen LogP contribution in [0.15, 0.2) is 28.1 Å². The van der Waals surface area contributed by atoms with Crippen LogP contribution in [-0.4, -0.2) is 17.1 Å². The molecule has 0 spiro atoms. The molecule has 142 valence electrons. The molecule has 1 aromatic heterocycles. The molecule has 0 fully saturated rings. The van der Waals surface area contributed by atoms with Gasteiger partial charge in [0, 0.05) is 5.56 Å². The van der Waals surface area contributed by atoms with E-state index in [2.05, 4.69) is 20.9 Å². The van der Waals surface area contributed by atoms with E-state index in [0.717, 1.165) is 12.1 Å². The number of benzene rings is 1. The third-order valence-corrected chi connectivity index (χ3v) is 4.55. The smallest absolute Gasteiger partial charge is 0.298 e. The lowest BCUT2D eigenvalue weighted by atomic mass is 10.1. The molecule has 1 amide bonds. The van der Waals surface area contributed by atoms with Gasteiger partial charge in [-0.05, 0) is 40.2 Å². The van der Waals surface area contributed by atoms with E-state index in [0.29, 0.717) is 23.5 Å². The summed E-state index contributed by atoms with van der Waals surface area (Å²) >= 11 is 2.82. The minimum atomic E-state index is -5.89. The molecule has 1 heterocycles. The van der Waals surface area contributed by atoms with Gasteiger partial charge in [0.25, 0.3) is 5.91 Å². The maximum Gasteiger partial charge on any atom is 0.459 e. The van der Waals surface area contributed by atoms with Crippen LogP contribution < -0.4 is 5.32 Å². The number of amides is 1. The number of aromatic nitrogens is 1. The van der Waals surface area contributed by atoms with Crippen molar-refractivity contribution in [3.8, 4) is 0 Å². The number of thiazole rings is 1. The fraction of sp³-hybridized carbons (Fsp3) is 0.231. The van der Waals surface area contributed by atoms with Crippen molar-refractivity contribution in [2.24, 2.45) is 0 Å². The monoisotopic (exact) mass is 468 g/mol. The molecule has 0 aliphatic carbocycles. The fourth-order valence-electron chi connectivity index (χ4n) is 1.66. The predicted octanol–water partition coefficient (Wildman–Crippen LogP) is 5.83. The van der Waals surface area contributed by atoms with E-state index in [1.807, 2.05) is 5.32 Å². The van der Waals surface area contributed by atoms with E-state index >= 15 is 0 Å². The van der Waals surface area contributed by atoms with Crippen LogP contribution in [0.1, 0.15) is 21.6 Å². The molecule has 0 atom stereocenters. The predicted molar refractivity (Wildman–Crippen MR) is 79.2 cm³/mol. The minimum Gasteiger partial charge on any atom is -0.298 e. The average molecular weight is 469 g/mol. The molecule has 0 aliphatic rings. The number of nitrogens with one attached hydrogen (secondary N) is 1. The highest BCUT2D eigenvalue weighted by molar-refractivity contribution is 9.11. The van der Waals surface area contributed by atoms with Gasteiger partial charge in [-0.2, -0.15) is 35.1 Å². The van der Waals surface area contributed by atoms with Crippen LogP contribution in [0.5, 0.6) is 0 Å². The van der Waals surface area contributed by atoms with Gasteiger partial charge in [0.2, 0.25) is 0 Å². The Hall–Kier alpha value is -1.76. The molecular weight excluding hydrogens is 464 g/mol. The molecule has 13 heteroatoms. The van der Waals surface area contributed by atoms with Crippen LogP contribution in [0, 0.1) is 0 Å². The van der Waals surface area contributed by atoms with E-state index in [1.54, 1.807) is 0 Å². The average Bonchev–Trinajstić information content (AvgIpc) is 2.86. The highest BCUT2D eigenvalue weighted by atomic mass is 79.9. The number of alkyl halides is 8. The van der Waals surface area contributed by atoms with Crippen LogP contribution in [0.25, 0.3) is 0 Å². The van der Waals surface area contributed by atoms with Crippen molar-refractivity contribution in [2.45, 2.75) is 18.3 Å². The molecule has 0 saturated carbocycles. The van der Waals surface area contributed by atoms with E-state index in [1.165, 1.54) is 0 Å². The Labute approximate surface area is 152 Å². The molecule has 0 bridgehead atoms. The molecule has 2 aromatic rings. The van der Waals surface area contributed by atoms with Crippen molar-refractivity contribution < 1.29 is 39.9 Å². The van der Waals surface area contributed by atoms with Crippen molar-refractivity contribution in [3.05, 3.63) is 44.9 Å². The summed E-state index contributed by atoms with van der Waals surface area (Å²) in [5, 5.41) is 1.38. The van der Waals surface area contributed by atoms with Crippen molar-refractivity contribution in [3.63, 3.8) is 0 Å². The molecule has 3 nitrogen and oxygen atoms in total. The lowest BCUT2D eigenvalue weighted by Crippen LogP contribution is -2.34. The zero-order valence-electron chi connectivity index (χ0n) is 12.0. The standard InChI is InChI=1S/C13H5BrF8N2OS/c14-8-7(11(15,16)13(20,21)22)23-10(26-8)24-9(25)5-1-3-6(4-2-5)12(17,18)19/h1-4H,(H,23,24,25). The quantitative estimate of drug-likeness (QED) is 0.575. The molecular formula is C13H5BrF8N2OS. The number of anilines is 1. The summed E-state index contributed by atoms with van der Waals surface area (Å²) in [4.78, 5) is 15.0. The SMILES string of the molecule is O=C(Nc1nc(C(F)(F)C(F)(F)F)c(Br)s1)c1ccc(C(F)(F)F)cc1. The molecule has 1 N–H and O–H groups in total. The first-order valence-corrected chi connectivity index (χ1v) is 7.94. The molecule has 1 aromatic carbocycles. The number of halogens is 9. The van der Waals surface area contributed by atoms with Crippen LogP contribution in [0.3, 0.4) is 0 Å². The van der Waals surface area contributed by atoms with Gasteiger partial charge in [0.1, 0.15) is 9.48 Å². The Bertz CT molecular complexity index is 813. The first-order chi connectivity index (χ1) is 11.7. The van der Waals surface area contributed by atoms with Crippen molar-refractivity contribution in [1.82, 2.24) is 4.98 Å². The summed E-state index contributed by atoms with van der Waals surface area (Å²) in [7, 11) is 0. The van der Waals surface area contributed by atoms with Gasteiger partial charge >= 0.3 is 18.3 Å². The van der Waals surface area contributed by atoms with Gasteiger partial charge < -0.3 is 0 Å². The van der Waals surface area contributed by atoms with Gasteiger partial charge in [0.05, 0.1) is 5.56 Å². The summed E-state index contributed by atoms with van der Waals surface area (Å²) < 4.78 is 100. The second kappa shape index (κ2) is 6.76. The lowest BCUT2D eigenvalue weighted by Gasteiger charge is -2.17. The van der Waals surface area contributed by atoms with Gasteiger partial charge in [0.15, 0.2) is 5.13 Å². The first-order valence-electron chi connectivity index (χ1n) is 6.33. The zero-order valence-corrected chi connectivity index (χ0v) is 14.4.